The Bertz CT molecular complexity index is 815. The zero-order valence-electron chi connectivity index (χ0n) is 10.5. The van der Waals surface area contributed by atoms with Gasteiger partial charge in [0.1, 0.15) is 4.90 Å². The van der Waals surface area contributed by atoms with Crippen molar-refractivity contribution in [3.63, 3.8) is 0 Å². The van der Waals surface area contributed by atoms with E-state index in [2.05, 4.69) is 4.72 Å². The third-order valence-electron chi connectivity index (χ3n) is 2.58. The van der Waals surface area contributed by atoms with Crippen molar-refractivity contribution in [2.24, 2.45) is 7.05 Å². The maximum Gasteiger partial charge on any atom is 0.263 e. The topological polar surface area (TPSA) is 94.2 Å². The molecule has 0 saturated heterocycles. The first-order valence-corrected chi connectivity index (χ1v) is 7.40. The summed E-state index contributed by atoms with van der Waals surface area (Å²) in [6, 6.07) is 6.82. The highest BCUT2D eigenvalue weighted by Crippen LogP contribution is 2.25. The third kappa shape index (κ3) is 2.94. The van der Waals surface area contributed by atoms with E-state index < -0.39 is 10.0 Å². The number of sulfonamides is 1. The van der Waals surface area contributed by atoms with E-state index in [1.807, 2.05) is 0 Å². The van der Waals surface area contributed by atoms with Crippen LogP contribution in [0.3, 0.4) is 0 Å². The standard InChI is InChI=1S/C12H12ClN3O3S/c1-16-7-9(3-5-12(16)17)15-20(18,19)11-6-8(14)2-4-10(11)13/h2-7,15H,14H2,1H3. The molecule has 6 nitrogen and oxygen atoms in total. The number of nitrogens with two attached hydrogens (primary N) is 1. The number of aryl methyl sites for hydroxylation is 1. The number of pyridine rings is 1. The highest BCUT2D eigenvalue weighted by Gasteiger charge is 2.18. The van der Waals surface area contributed by atoms with Crippen LogP contribution < -0.4 is 16.0 Å². The average molecular weight is 314 g/mol. The van der Waals surface area contributed by atoms with Crippen molar-refractivity contribution in [1.29, 1.82) is 0 Å². The van der Waals surface area contributed by atoms with Crippen LogP contribution in [0.1, 0.15) is 0 Å². The lowest BCUT2D eigenvalue weighted by molar-refractivity contribution is 0.601. The van der Waals surface area contributed by atoms with Gasteiger partial charge in [-0.1, -0.05) is 11.6 Å². The molecule has 1 aromatic carbocycles. The maximum absolute atomic E-state index is 12.2. The number of hydrogen-bond acceptors (Lipinski definition) is 4. The van der Waals surface area contributed by atoms with Crippen LogP contribution >= 0.6 is 11.6 Å². The summed E-state index contributed by atoms with van der Waals surface area (Å²) in [6.45, 7) is 0. The quantitative estimate of drug-likeness (QED) is 0.838. The lowest BCUT2D eigenvalue weighted by Crippen LogP contribution is -2.18. The minimum absolute atomic E-state index is 0.0662. The number of halogens is 1. The number of hydrogen-bond donors (Lipinski definition) is 2. The lowest BCUT2D eigenvalue weighted by Gasteiger charge is -2.10. The Morgan fingerprint density at radius 3 is 2.60 bits per heavy atom. The molecule has 2 rings (SSSR count). The second-order valence-electron chi connectivity index (χ2n) is 4.16. The van der Waals surface area contributed by atoms with Gasteiger partial charge in [0.2, 0.25) is 5.56 Å². The average Bonchev–Trinajstić information content (AvgIpc) is 2.36. The molecule has 106 valence electrons. The smallest absolute Gasteiger partial charge is 0.263 e. The molecular formula is C12H12ClN3O3S. The van der Waals surface area contributed by atoms with Crippen LogP contribution in [0.15, 0.2) is 46.2 Å². The summed E-state index contributed by atoms with van der Waals surface area (Å²) >= 11 is 5.87. The van der Waals surface area contributed by atoms with Crippen molar-refractivity contribution in [2.75, 3.05) is 10.5 Å². The van der Waals surface area contributed by atoms with Crippen LogP contribution in [-0.2, 0) is 17.1 Å². The van der Waals surface area contributed by atoms with E-state index in [0.29, 0.717) is 0 Å². The molecule has 0 saturated carbocycles. The Labute approximate surface area is 120 Å². The molecule has 1 aromatic heterocycles. The molecule has 1 heterocycles. The van der Waals surface area contributed by atoms with Gasteiger partial charge in [-0.05, 0) is 24.3 Å². The summed E-state index contributed by atoms with van der Waals surface area (Å²) in [5.41, 5.74) is 5.87. The predicted octanol–water partition coefficient (Wildman–Crippen LogP) is 1.42. The van der Waals surface area contributed by atoms with Crippen LogP contribution in [0, 0.1) is 0 Å². The van der Waals surface area contributed by atoms with Gasteiger partial charge in [0, 0.05) is 25.0 Å². The fourth-order valence-electron chi connectivity index (χ4n) is 1.59. The van der Waals surface area contributed by atoms with Crippen LogP contribution in [0.2, 0.25) is 5.02 Å². The third-order valence-corrected chi connectivity index (χ3v) is 4.45. The van der Waals surface area contributed by atoms with Gasteiger partial charge < -0.3 is 10.3 Å². The molecule has 2 aromatic rings. The number of nitrogens with one attached hydrogen (secondary N) is 1. The molecular weight excluding hydrogens is 302 g/mol. The number of aromatic nitrogens is 1. The van der Waals surface area contributed by atoms with Gasteiger partial charge >= 0.3 is 0 Å². The normalized spacial score (nSPS) is 11.3. The maximum atomic E-state index is 12.2. The molecule has 0 aliphatic heterocycles. The van der Waals surface area contributed by atoms with Gasteiger partial charge in [0.05, 0.1) is 10.7 Å². The van der Waals surface area contributed by atoms with Gasteiger partial charge in [0.25, 0.3) is 10.0 Å². The first-order chi connectivity index (χ1) is 9.29. The van der Waals surface area contributed by atoms with E-state index in [1.54, 1.807) is 0 Å². The summed E-state index contributed by atoms with van der Waals surface area (Å²) in [5.74, 6) is 0. The molecule has 20 heavy (non-hydrogen) atoms. The van der Waals surface area contributed by atoms with Gasteiger partial charge in [0.15, 0.2) is 0 Å². The summed E-state index contributed by atoms with van der Waals surface area (Å²) in [7, 11) is -2.35. The Hall–Kier alpha value is -1.99. The van der Waals surface area contributed by atoms with Crippen LogP contribution in [0.4, 0.5) is 11.4 Å². The van der Waals surface area contributed by atoms with Crippen molar-refractivity contribution < 1.29 is 8.42 Å². The SMILES string of the molecule is Cn1cc(NS(=O)(=O)c2cc(N)ccc2Cl)ccc1=O. The van der Waals surface area contributed by atoms with Crippen LogP contribution in [0.25, 0.3) is 0 Å². The van der Waals surface area contributed by atoms with E-state index in [0.717, 1.165) is 0 Å². The van der Waals surface area contributed by atoms with Crippen LogP contribution in [0.5, 0.6) is 0 Å². The largest absolute Gasteiger partial charge is 0.399 e. The van der Waals surface area contributed by atoms with Gasteiger partial charge in [-0.2, -0.15) is 0 Å². The van der Waals surface area contributed by atoms with Gasteiger partial charge in [-0.15, -0.1) is 0 Å². The van der Waals surface area contributed by atoms with Crippen molar-refractivity contribution in [2.45, 2.75) is 4.90 Å². The Morgan fingerprint density at radius 1 is 1.25 bits per heavy atom. The van der Waals surface area contributed by atoms with Crippen molar-refractivity contribution >= 4 is 33.0 Å². The highest BCUT2D eigenvalue weighted by atomic mass is 35.5. The fourth-order valence-corrected chi connectivity index (χ4v) is 3.17. The molecule has 8 heteroatoms. The van der Waals surface area contributed by atoms with E-state index in [9.17, 15) is 13.2 Å². The predicted molar refractivity (Wildman–Crippen MR) is 78.4 cm³/mol. The van der Waals surface area contributed by atoms with Gasteiger partial charge in [-0.3, -0.25) is 9.52 Å². The molecule has 0 aliphatic rings. The zero-order chi connectivity index (χ0) is 14.9. The molecule has 0 aliphatic carbocycles. The summed E-state index contributed by atoms with van der Waals surface area (Å²) in [4.78, 5) is 11.1. The first kappa shape index (κ1) is 14.4. The highest BCUT2D eigenvalue weighted by molar-refractivity contribution is 7.92. The number of nitrogen functional groups attached to an aromatic ring is 1. The van der Waals surface area contributed by atoms with E-state index in [1.165, 1.54) is 48.1 Å². The molecule has 3 N–H and O–H groups in total. The number of rotatable bonds is 3. The van der Waals surface area contributed by atoms with Crippen molar-refractivity contribution in [3.8, 4) is 0 Å². The van der Waals surface area contributed by atoms with Crippen molar-refractivity contribution in [1.82, 2.24) is 4.57 Å². The molecule has 0 amide bonds. The molecule has 0 radical (unpaired) electrons. The molecule has 0 fully saturated rings. The Kier molecular flexibility index (Phi) is 3.74. The van der Waals surface area contributed by atoms with Gasteiger partial charge in [-0.25, -0.2) is 8.42 Å². The monoisotopic (exact) mass is 313 g/mol. The first-order valence-electron chi connectivity index (χ1n) is 5.54. The molecule has 0 atom stereocenters. The second-order valence-corrected chi connectivity index (χ2v) is 6.22. The number of benzene rings is 1. The van der Waals surface area contributed by atoms with Crippen LogP contribution in [-0.4, -0.2) is 13.0 Å². The minimum Gasteiger partial charge on any atom is -0.399 e. The molecule has 0 bridgehead atoms. The minimum atomic E-state index is -3.87. The van der Waals surface area contributed by atoms with E-state index >= 15 is 0 Å². The number of nitrogens with zero attached hydrogens (tertiary/aromatic N) is 1. The summed E-state index contributed by atoms with van der Waals surface area (Å²) in [5, 5.41) is 0.0662. The zero-order valence-corrected chi connectivity index (χ0v) is 12.1. The lowest BCUT2D eigenvalue weighted by atomic mass is 10.3. The van der Waals surface area contributed by atoms with E-state index in [4.69, 9.17) is 17.3 Å². The summed E-state index contributed by atoms with van der Waals surface area (Å²) < 4.78 is 28.1. The van der Waals surface area contributed by atoms with Crippen molar-refractivity contribution in [3.05, 3.63) is 51.9 Å². The Balaban J connectivity index is 2.43. The fraction of sp³-hybridized carbons (Fsp3) is 0.0833. The second kappa shape index (κ2) is 5.18. The van der Waals surface area contributed by atoms with E-state index in [-0.39, 0.29) is 26.9 Å². The molecule has 0 unspecified atom stereocenters. The Morgan fingerprint density at radius 2 is 1.95 bits per heavy atom. The number of anilines is 2. The summed E-state index contributed by atoms with van der Waals surface area (Å²) in [6.07, 6.45) is 1.38. The molecule has 0 spiro atoms.